The van der Waals surface area contributed by atoms with E-state index in [-0.39, 0.29) is 34.7 Å². The first-order valence-electron chi connectivity index (χ1n) is 13.0. The van der Waals surface area contributed by atoms with E-state index in [9.17, 15) is 19.5 Å². The number of fused-ring (bicyclic) bond motifs is 2. The van der Waals surface area contributed by atoms with Crippen molar-refractivity contribution >= 4 is 34.6 Å². The topological polar surface area (TPSA) is 123 Å². The summed E-state index contributed by atoms with van der Waals surface area (Å²) in [5, 5.41) is 9.41. The van der Waals surface area contributed by atoms with Gasteiger partial charge in [-0.3, -0.25) is 9.59 Å². The van der Waals surface area contributed by atoms with Crippen molar-refractivity contribution in [3.05, 3.63) is 126 Å². The van der Waals surface area contributed by atoms with Crippen LogP contribution in [0.2, 0.25) is 0 Å². The van der Waals surface area contributed by atoms with E-state index >= 15 is 0 Å². The Labute approximate surface area is 238 Å². The van der Waals surface area contributed by atoms with Gasteiger partial charge < -0.3 is 18.7 Å². The van der Waals surface area contributed by atoms with Gasteiger partial charge in [-0.05, 0) is 65.7 Å². The lowest BCUT2D eigenvalue weighted by Gasteiger charge is -2.19. The van der Waals surface area contributed by atoms with Crippen LogP contribution in [0.4, 0.5) is 5.69 Å². The zero-order valence-electron chi connectivity index (χ0n) is 21.8. The van der Waals surface area contributed by atoms with Crippen molar-refractivity contribution in [2.75, 3.05) is 4.90 Å². The summed E-state index contributed by atoms with van der Waals surface area (Å²) in [5.41, 5.74) is 4.71. The number of aromatic carboxylic acids is 1. The minimum Gasteiger partial charge on any atom is -0.487 e. The number of nitrogens with zero attached hydrogens (tertiary/aromatic N) is 2. The van der Waals surface area contributed by atoms with E-state index in [4.69, 9.17) is 13.6 Å². The van der Waals surface area contributed by atoms with E-state index in [0.717, 1.165) is 21.6 Å². The number of carbonyl (C=O) groups excluding carboxylic acids is 2. The predicted octanol–water partition coefficient (Wildman–Crippen LogP) is 6.83. The van der Waals surface area contributed by atoms with Gasteiger partial charge in [0.15, 0.2) is 5.58 Å². The lowest BCUT2D eigenvalue weighted by molar-refractivity contribution is 0.0696. The number of carboxylic acids is 1. The molecule has 0 radical (unpaired) electrons. The molecular formula is C33H20N2O7. The van der Waals surface area contributed by atoms with E-state index < -0.39 is 17.8 Å². The Balaban J connectivity index is 1.30. The molecule has 2 aromatic heterocycles. The molecule has 6 aromatic rings. The summed E-state index contributed by atoms with van der Waals surface area (Å²) in [6, 6.07) is 26.2. The largest absolute Gasteiger partial charge is 0.487 e. The van der Waals surface area contributed by atoms with E-state index in [2.05, 4.69) is 4.98 Å². The molecule has 204 valence electrons. The molecule has 0 aliphatic carbocycles. The molecule has 1 aliphatic heterocycles. The van der Waals surface area contributed by atoms with Crippen molar-refractivity contribution in [2.45, 2.75) is 6.61 Å². The van der Waals surface area contributed by atoms with Crippen molar-refractivity contribution in [1.82, 2.24) is 4.98 Å². The van der Waals surface area contributed by atoms with Crippen molar-refractivity contribution in [2.24, 2.45) is 0 Å². The van der Waals surface area contributed by atoms with Crippen molar-refractivity contribution in [3.63, 3.8) is 0 Å². The number of ether oxygens (including phenoxy) is 1. The van der Waals surface area contributed by atoms with E-state index in [1.165, 1.54) is 30.7 Å². The lowest BCUT2D eigenvalue weighted by Crippen LogP contribution is -2.30. The summed E-state index contributed by atoms with van der Waals surface area (Å²) >= 11 is 0. The summed E-state index contributed by atoms with van der Waals surface area (Å²) in [6.07, 6.45) is 3.05. The van der Waals surface area contributed by atoms with Crippen LogP contribution in [0.15, 0.2) is 112 Å². The van der Waals surface area contributed by atoms with Crippen LogP contribution >= 0.6 is 0 Å². The molecule has 7 rings (SSSR count). The Hall–Kier alpha value is -5.96. The highest BCUT2D eigenvalue weighted by molar-refractivity contribution is 6.35. The Kier molecular flexibility index (Phi) is 5.90. The molecule has 9 nitrogen and oxygen atoms in total. The van der Waals surface area contributed by atoms with Crippen molar-refractivity contribution in [3.8, 4) is 28.3 Å². The fraction of sp³-hybridized carbons (Fsp3) is 0.0303. The molecule has 0 atom stereocenters. The van der Waals surface area contributed by atoms with Crippen molar-refractivity contribution in [1.29, 1.82) is 0 Å². The van der Waals surface area contributed by atoms with Gasteiger partial charge in [0.05, 0.1) is 34.9 Å². The maximum atomic E-state index is 13.5. The molecule has 0 fully saturated rings. The summed E-state index contributed by atoms with van der Waals surface area (Å²) in [6.45, 7) is 0.125. The highest BCUT2D eigenvalue weighted by atomic mass is 16.5. The van der Waals surface area contributed by atoms with Gasteiger partial charge in [0, 0.05) is 11.1 Å². The van der Waals surface area contributed by atoms with E-state index in [0.29, 0.717) is 22.6 Å². The molecule has 2 amide bonds. The van der Waals surface area contributed by atoms with E-state index in [1.54, 1.807) is 24.3 Å². The minimum absolute atomic E-state index is 0.00129. The molecule has 0 saturated carbocycles. The molecule has 0 unspecified atom stereocenters. The van der Waals surface area contributed by atoms with Gasteiger partial charge in [-0.2, -0.15) is 0 Å². The fourth-order valence-corrected chi connectivity index (χ4v) is 4.94. The normalized spacial score (nSPS) is 12.6. The molecule has 0 bridgehead atoms. The molecule has 0 spiro atoms. The third kappa shape index (κ3) is 4.29. The van der Waals surface area contributed by atoms with Gasteiger partial charge in [-0.25, -0.2) is 14.7 Å². The number of anilines is 1. The summed E-state index contributed by atoms with van der Waals surface area (Å²) in [7, 11) is 0. The van der Waals surface area contributed by atoms with Crippen LogP contribution in [0.25, 0.3) is 33.7 Å². The van der Waals surface area contributed by atoms with Crippen molar-refractivity contribution < 1.29 is 33.1 Å². The fourth-order valence-electron chi connectivity index (χ4n) is 4.94. The molecule has 1 N–H and O–H groups in total. The zero-order chi connectivity index (χ0) is 28.8. The summed E-state index contributed by atoms with van der Waals surface area (Å²) < 4.78 is 17.2. The second kappa shape index (κ2) is 9.90. The molecule has 0 saturated heterocycles. The van der Waals surface area contributed by atoms with Crippen LogP contribution in [0.5, 0.6) is 5.75 Å². The number of carbonyl (C=O) groups is 3. The van der Waals surface area contributed by atoms with Crippen LogP contribution in [0, 0.1) is 0 Å². The van der Waals surface area contributed by atoms with Gasteiger partial charge in [0.2, 0.25) is 5.89 Å². The quantitative estimate of drug-likeness (QED) is 0.212. The maximum Gasteiger partial charge on any atom is 0.335 e. The van der Waals surface area contributed by atoms with Crippen LogP contribution < -0.4 is 9.64 Å². The molecule has 1 aliphatic rings. The van der Waals surface area contributed by atoms with Crippen LogP contribution in [-0.4, -0.2) is 27.9 Å². The number of imide groups is 1. The minimum atomic E-state index is -1.20. The Morgan fingerprint density at radius 2 is 1.64 bits per heavy atom. The number of hydrogen-bond acceptors (Lipinski definition) is 7. The number of furan rings is 1. The molecule has 3 heterocycles. The maximum absolute atomic E-state index is 13.5. The SMILES string of the molecule is O=C(O)c1ccc2c(c1)C(=O)N(c1cc(-c3nc4cc(-c5ccccc5)ccc4o3)ccc1OCc1ccoc1)C2=O. The Bertz CT molecular complexity index is 2010. The first kappa shape index (κ1) is 25.0. The van der Waals surface area contributed by atoms with Gasteiger partial charge in [-0.15, -0.1) is 0 Å². The number of aromatic nitrogens is 1. The van der Waals surface area contributed by atoms with Gasteiger partial charge >= 0.3 is 5.97 Å². The zero-order valence-corrected chi connectivity index (χ0v) is 21.8. The second-order valence-corrected chi connectivity index (χ2v) is 9.68. The number of amides is 2. The first-order chi connectivity index (χ1) is 20.5. The highest BCUT2D eigenvalue weighted by Gasteiger charge is 2.39. The predicted molar refractivity (Wildman–Crippen MR) is 152 cm³/mol. The smallest absolute Gasteiger partial charge is 0.335 e. The third-order valence-electron chi connectivity index (χ3n) is 7.05. The average Bonchev–Trinajstić information content (AvgIpc) is 3.75. The molecular weight excluding hydrogens is 536 g/mol. The molecule has 9 heteroatoms. The monoisotopic (exact) mass is 556 g/mol. The van der Waals surface area contributed by atoms with Gasteiger partial charge in [0.25, 0.3) is 11.8 Å². The second-order valence-electron chi connectivity index (χ2n) is 9.68. The highest BCUT2D eigenvalue weighted by Crippen LogP contribution is 2.39. The summed E-state index contributed by atoms with van der Waals surface area (Å²) in [4.78, 5) is 44.2. The number of benzene rings is 4. The first-order valence-corrected chi connectivity index (χ1v) is 13.0. The average molecular weight is 557 g/mol. The third-order valence-corrected chi connectivity index (χ3v) is 7.05. The molecule has 4 aromatic carbocycles. The Morgan fingerprint density at radius 1 is 0.833 bits per heavy atom. The van der Waals surface area contributed by atoms with Gasteiger partial charge in [-0.1, -0.05) is 36.4 Å². The summed E-state index contributed by atoms with van der Waals surface area (Å²) in [5.74, 6) is -1.90. The molecule has 42 heavy (non-hydrogen) atoms. The lowest BCUT2D eigenvalue weighted by atomic mass is 10.1. The Morgan fingerprint density at radius 3 is 2.43 bits per heavy atom. The van der Waals surface area contributed by atoms with Gasteiger partial charge in [0.1, 0.15) is 17.9 Å². The van der Waals surface area contributed by atoms with E-state index in [1.807, 2.05) is 48.5 Å². The number of carboxylic acid groups (broad SMARTS) is 1. The standard InChI is InChI=1S/C33H20N2O7/c36-31-24-9-6-23(33(38)39)14-25(24)32(37)35(31)27-16-22(8-11-29(27)41-18-19-12-13-40-17-19)30-34-26-15-21(7-10-28(26)42-30)20-4-2-1-3-5-20/h1-17H,18H2,(H,38,39). The number of hydrogen-bond donors (Lipinski definition) is 1. The van der Waals surface area contributed by atoms with Crippen LogP contribution in [0.1, 0.15) is 36.6 Å². The van der Waals surface area contributed by atoms with Crippen LogP contribution in [-0.2, 0) is 6.61 Å². The van der Waals surface area contributed by atoms with Crippen LogP contribution in [0.3, 0.4) is 0 Å². The number of oxazole rings is 1. The number of rotatable bonds is 7.